The van der Waals surface area contributed by atoms with Crippen LogP contribution in [-0.4, -0.2) is 36.7 Å². The number of nitrogens with zero attached hydrogens (tertiary/aromatic N) is 1. The minimum absolute atomic E-state index is 0.0302. The van der Waals surface area contributed by atoms with Crippen LogP contribution in [0.1, 0.15) is 28.4 Å². The molecule has 2 aromatic rings. The van der Waals surface area contributed by atoms with Crippen molar-refractivity contribution in [2.24, 2.45) is 0 Å². The first-order valence-corrected chi connectivity index (χ1v) is 7.35. The highest BCUT2D eigenvalue weighted by Gasteiger charge is 2.23. The maximum atomic E-state index is 13.5. The van der Waals surface area contributed by atoms with Gasteiger partial charge in [-0.15, -0.1) is 0 Å². The second-order valence-electron chi connectivity index (χ2n) is 5.20. The van der Waals surface area contributed by atoms with E-state index in [9.17, 15) is 14.3 Å². The number of amides is 1. The topological polar surface area (TPSA) is 49.8 Å². The Kier molecular flexibility index (Phi) is 5.71. The molecule has 5 heteroatoms. The average Bonchev–Trinajstić information content (AvgIpc) is 2.59. The summed E-state index contributed by atoms with van der Waals surface area (Å²) in [6.45, 7) is -0.0378. The van der Waals surface area contributed by atoms with E-state index in [1.807, 2.05) is 30.3 Å². The van der Waals surface area contributed by atoms with Crippen molar-refractivity contribution in [1.29, 1.82) is 0 Å². The fraction of sp³-hybridized carbons (Fsp3) is 0.278. The molecular formula is C18H20FNO3. The zero-order chi connectivity index (χ0) is 16.8. The Hall–Kier alpha value is -2.40. The predicted molar refractivity (Wildman–Crippen MR) is 85.9 cm³/mol. The molecule has 0 heterocycles. The van der Waals surface area contributed by atoms with E-state index in [1.165, 1.54) is 25.3 Å². The Bertz CT molecular complexity index is 661. The Labute approximate surface area is 135 Å². The monoisotopic (exact) mass is 317 g/mol. The van der Waals surface area contributed by atoms with Gasteiger partial charge in [0.1, 0.15) is 0 Å². The van der Waals surface area contributed by atoms with Crippen LogP contribution in [0.3, 0.4) is 0 Å². The lowest BCUT2D eigenvalue weighted by Crippen LogP contribution is -2.32. The van der Waals surface area contributed by atoms with Crippen LogP contribution in [0.25, 0.3) is 0 Å². The third kappa shape index (κ3) is 3.87. The number of methoxy groups -OCH3 is 1. The molecule has 4 nitrogen and oxygen atoms in total. The second kappa shape index (κ2) is 7.74. The van der Waals surface area contributed by atoms with E-state index in [-0.39, 0.29) is 24.3 Å². The molecule has 1 N–H and O–H groups in total. The summed E-state index contributed by atoms with van der Waals surface area (Å²) < 4.78 is 18.4. The number of carbonyl (C=O) groups is 1. The molecule has 0 fully saturated rings. The van der Waals surface area contributed by atoms with Crippen LogP contribution >= 0.6 is 0 Å². The number of carbonyl (C=O) groups excluding carboxylic acids is 1. The lowest BCUT2D eigenvalue weighted by atomic mass is 10.0. The van der Waals surface area contributed by atoms with Crippen LogP contribution in [0.2, 0.25) is 0 Å². The zero-order valence-corrected chi connectivity index (χ0v) is 13.2. The molecule has 1 atom stereocenters. The molecule has 0 bridgehead atoms. The largest absolute Gasteiger partial charge is 0.494 e. The summed E-state index contributed by atoms with van der Waals surface area (Å²) in [6, 6.07) is 13.3. The van der Waals surface area contributed by atoms with Crippen molar-refractivity contribution in [2.45, 2.75) is 12.5 Å². The van der Waals surface area contributed by atoms with Crippen molar-refractivity contribution in [3.63, 3.8) is 0 Å². The van der Waals surface area contributed by atoms with Gasteiger partial charge in [-0.25, -0.2) is 4.39 Å². The smallest absolute Gasteiger partial charge is 0.254 e. The zero-order valence-electron chi connectivity index (χ0n) is 13.2. The first-order valence-electron chi connectivity index (χ1n) is 7.35. The summed E-state index contributed by atoms with van der Waals surface area (Å²) >= 11 is 0. The average molecular weight is 317 g/mol. The number of ether oxygens (including phenoxy) is 1. The third-order valence-corrected chi connectivity index (χ3v) is 3.77. The Morgan fingerprint density at radius 2 is 1.96 bits per heavy atom. The fourth-order valence-corrected chi connectivity index (χ4v) is 2.52. The van der Waals surface area contributed by atoms with Crippen molar-refractivity contribution in [3.8, 4) is 5.75 Å². The molecule has 122 valence electrons. The van der Waals surface area contributed by atoms with Gasteiger partial charge in [0.05, 0.1) is 13.2 Å². The van der Waals surface area contributed by atoms with Crippen molar-refractivity contribution < 1.29 is 19.0 Å². The predicted octanol–water partition coefficient (Wildman–Crippen LogP) is 3.03. The van der Waals surface area contributed by atoms with Crippen LogP contribution in [-0.2, 0) is 0 Å². The maximum Gasteiger partial charge on any atom is 0.254 e. The van der Waals surface area contributed by atoms with Crippen molar-refractivity contribution in [1.82, 2.24) is 4.90 Å². The third-order valence-electron chi connectivity index (χ3n) is 3.77. The number of halogens is 1. The van der Waals surface area contributed by atoms with Crippen molar-refractivity contribution in [3.05, 3.63) is 65.5 Å². The van der Waals surface area contributed by atoms with Gasteiger partial charge in [-0.2, -0.15) is 0 Å². The van der Waals surface area contributed by atoms with Gasteiger partial charge in [0.2, 0.25) is 0 Å². The SMILES string of the molecule is COc1cc(C(=O)N(C)C(CCO)c2ccccc2)ccc1F. The molecule has 0 aromatic heterocycles. The molecule has 0 spiro atoms. The van der Waals surface area contributed by atoms with Gasteiger partial charge in [0, 0.05) is 19.2 Å². The van der Waals surface area contributed by atoms with Gasteiger partial charge in [-0.05, 0) is 30.2 Å². The summed E-state index contributed by atoms with van der Waals surface area (Å²) in [5.41, 5.74) is 1.27. The van der Waals surface area contributed by atoms with E-state index in [2.05, 4.69) is 0 Å². The van der Waals surface area contributed by atoms with Gasteiger partial charge >= 0.3 is 0 Å². The van der Waals surface area contributed by atoms with E-state index in [1.54, 1.807) is 11.9 Å². The number of aliphatic hydroxyl groups is 1. The van der Waals surface area contributed by atoms with Crippen LogP contribution in [0.5, 0.6) is 5.75 Å². The summed E-state index contributed by atoms with van der Waals surface area (Å²) in [5, 5.41) is 9.31. The summed E-state index contributed by atoms with van der Waals surface area (Å²) in [4.78, 5) is 14.2. The van der Waals surface area contributed by atoms with E-state index >= 15 is 0 Å². The molecule has 0 saturated heterocycles. The maximum absolute atomic E-state index is 13.5. The second-order valence-corrected chi connectivity index (χ2v) is 5.20. The van der Waals surface area contributed by atoms with Crippen LogP contribution in [0.15, 0.2) is 48.5 Å². The van der Waals surface area contributed by atoms with Gasteiger partial charge in [0.15, 0.2) is 11.6 Å². The van der Waals surface area contributed by atoms with Crippen LogP contribution in [0.4, 0.5) is 4.39 Å². The Balaban J connectivity index is 2.29. The molecule has 0 aliphatic carbocycles. The molecule has 0 radical (unpaired) electrons. The lowest BCUT2D eigenvalue weighted by molar-refractivity contribution is 0.0704. The number of hydrogen-bond acceptors (Lipinski definition) is 3. The fourth-order valence-electron chi connectivity index (χ4n) is 2.52. The highest BCUT2D eigenvalue weighted by Crippen LogP contribution is 2.26. The van der Waals surface area contributed by atoms with Gasteiger partial charge in [0.25, 0.3) is 5.91 Å². The molecule has 1 unspecified atom stereocenters. The van der Waals surface area contributed by atoms with Crippen LogP contribution in [0, 0.1) is 5.82 Å². The van der Waals surface area contributed by atoms with Gasteiger partial charge in [-0.3, -0.25) is 4.79 Å². The van der Waals surface area contributed by atoms with Gasteiger partial charge < -0.3 is 14.7 Å². The van der Waals surface area contributed by atoms with E-state index in [4.69, 9.17) is 4.74 Å². The number of hydrogen-bond donors (Lipinski definition) is 1. The molecule has 0 aliphatic rings. The number of rotatable bonds is 6. The standard InChI is InChI=1S/C18H20FNO3/c1-20(16(10-11-21)13-6-4-3-5-7-13)18(22)14-8-9-15(19)17(12-14)23-2/h3-9,12,16,21H,10-11H2,1-2H3. The lowest BCUT2D eigenvalue weighted by Gasteiger charge is -2.28. The summed E-state index contributed by atoms with van der Waals surface area (Å²) in [6.07, 6.45) is 0.421. The molecule has 2 aromatic carbocycles. The first kappa shape index (κ1) is 17.0. The Morgan fingerprint density at radius 1 is 1.26 bits per heavy atom. The normalized spacial score (nSPS) is 11.8. The molecule has 1 amide bonds. The number of benzene rings is 2. The quantitative estimate of drug-likeness (QED) is 0.891. The molecular weight excluding hydrogens is 297 g/mol. The van der Waals surface area contributed by atoms with E-state index < -0.39 is 5.82 Å². The minimum atomic E-state index is -0.512. The summed E-state index contributed by atoms with van der Waals surface area (Å²) in [7, 11) is 3.03. The highest BCUT2D eigenvalue weighted by atomic mass is 19.1. The van der Waals surface area contributed by atoms with Crippen LogP contribution < -0.4 is 4.74 Å². The van der Waals surface area contributed by atoms with E-state index in [0.29, 0.717) is 12.0 Å². The Morgan fingerprint density at radius 3 is 2.57 bits per heavy atom. The minimum Gasteiger partial charge on any atom is -0.494 e. The summed E-state index contributed by atoms with van der Waals surface area (Å²) in [5.74, 6) is -0.741. The van der Waals surface area contributed by atoms with Crippen molar-refractivity contribution in [2.75, 3.05) is 20.8 Å². The number of aliphatic hydroxyl groups excluding tert-OH is 1. The highest BCUT2D eigenvalue weighted by molar-refractivity contribution is 5.94. The molecule has 2 rings (SSSR count). The molecule has 23 heavy (non-hydrogen) atoms. The molecule has 0 saturated carbocycles. The van der Waals surface area contributed by atoms with E-state index in [0.717, 1.165) is 5.56 Å². The first-order chi connectivity index (χ1) is 11.1. The molecule has 0 aliphatic heterocycles. The van der Waals surface area contributed by atoms with Gasteiger partial charge in [-0.1, -0.05) is 30.3 Å². The van der Waals surface area contributed by atoms with Crippen molar-refractivity contribution >= 4 is 5.91 Å².